The van der Waals surface area contributed by atoms with Crippen LogP contribution in [0.5, 0.6) is 0 Å². The molecule has 1 aliphatic heterocycles. The molecule has 1 heterocycles. The van der Waals surface area contributed by atoms with E-state index in [-0.39, 0.29) is 0 Å². The van der Waals surface area contributed by atoms with Crippen molar-refractivity contribution in [2.24, 2.45) is 0 Å². The highest BCUT2D eigenvalue weighted by Gasteiger charge is 2.14. The standard InChI is InChI=1S/C8H7N2O2/c11-9-5-7-3-1-2-4-8(7)6-10(9)12/h1-6,9H/q+1. The van der Waals surface area contributed by atoms with Crippen LogP contribution in [0, 0.1) is 10.1 Å². The van der Waals surface area contributed by atoms with Crippen LogP contribution in [0.25, 0.3) is 12.4 Å². The van der Waals surface area contributed by atoms with Gasteiger partial charge >= 0.3 is 0 Å². The Labute approximate surface area is 68.2 Å². The van der Waals surface area contributed by atoms with Crippen molar-refractivity contribution in [3.05, 3.63) is 44.8 Å². The Morgan fingerprint density at radius 1 is 1.25 bits per heavy atom. The Bertz CT molecular complexity index is 439. The fraction of sp³-hybridized carbons (Fsp3) is 0. The van der Waals surface area contributed by atoms with Gasteiger partial charge in [0, 0.05) is 5.22 Å². The summed E-state index contributed by atoms with van der Waals surface area (Å²) in [5.74, 6) is 0. The molecule has 0 aliphatic carbocycles. The minimum Gasteiger partial charge on any atom is -0.567 e. The van der Waals surface area contributed by atoms with E-state index in [1.54, 1.807) is 12.1 Å². The Kier molecular flexibility index (Phi) is 1.49. The van der Waals surface area contributed by atoms with E-state index in [2.05, 4.69) is 0 Å². The summed E-state index contributed by atoms with van der Waals surface area (Å²) in [6.07, 6.45) is 2.62. The molecular weight excluding hydrogens is 156 g/mol. The Morgan fingerprint density at radius 3 is 2.67 bits per heavy atom. The van der Waals surface area contributed by atoms with Gasteiger partial charge in [0.2, 0.25) is 4.87 Å². The second kappa shape index (κ2) is 2.51. The van der Waals surface area contributed by atoms with Crippen molar-refractivity contribution >= 4 is 12.4 Å². The van der Waals surface area contributed by atoms with Crippen LogP contribution >= 0.6 is 0 Å². The first kappa shape index (κ1) is 7.15. The smallest absolute Gasteiger partial charge is 0.298 e. The van der Waals surface area contributed by atoms with Crippen molar-refractivity contribution < 1.29 is 10.0 Å². The third kappa shape index (κ3) is 1.03. The number of hydroxylamine groups is 1. The van der Waals surface area contributed by atoms with E-state index in [1.165, 1.54) is 12.4 Å². The number of benzene rings is 1. The lowest BCUT2D eigenvalue weighted by Crippen LogP contribution is -3.06. The van der Waals surface area contributed by atoms with Crippen LogP contribution in [0.2, 0.25) is 0 Å². The molecule has 0 saturated carbocycles. The average molecular weight is 163 g/mol. The van der Waals surface area contributed by atoms with Crippen LogP contribution in [0.1, 0.15) is 0 Å². The lowest BCUT2D eigenvalue weighted by atomic mass is 10.2. The van der Waals surface area contributed by atoms with Gasteiger partial charge in [0.1, 0.15) is 0 Å². The van der Waals surface area contributed by atoms with Crippen molar-refractivity contribution in [2.45, 2.75) is 0 Å². The zero-order chi connectivity index (χ0) is 8.55. The number of hydrogen-bond acceptors (Lipinski definition) is 2. The summed E-state index contributed by atoms with van der Waals surface area (Å²) in [5, 5.41) is 11.9. The van der Waals surface area contributed by atoms with Gasteiger partial charge in [0.25, 0.3) is 6.20 Å². The summed E-state index contributed by atoms with van der Waals surface area (Å²) in [5.41, 5.74) is 0. The third-order valence-electron chi connectivity index (χ3n) is 1.75. The molecule has 60 valence electrons. The Morgan fingerprint density at radius 2 is 1.92 bits per heavy atom. The van der Waals surface area contributed by atoms with Gasteiger partial charge in [-0.05, 0) is 12.1 Å². The maximum absolute atomic E-state index is 10.9. The zero-order valence-electron chi connectivity index (χ0n) is 6.23. The van der Waals surface area contributed by atoms with Gasteiger partial charge in [-0.3, -0.25) is 0 Å². The van der Waals surface area contributed by atoms with Crippen molar-refractivity contribution in [1.82, 2.24) is 0 Å². The van der Waals surface area contributed by atoms with Gasteiger partial charge in [-0.25, -0.2) is 0 Å². The van der Waals surface area contributed by atoms with Gasteiger partial charge < -0.3 is 5.21 Å². The van der Waals surface area contributed by atoms with Crippen LogP contribution in [0.3, 0.4) is 0 Å². The second-order valence-electron chi connectivity index (χ2n) is 2.57. The van der Waals surface area contributed by atoms with Crippen LogP contribution in [-0.4, -0.2) is 4.87 Å². The first-order chi connectivity index (χ1) is 5.77. The molecule has 0 spiro atoms. The van der Waals surface area contributed by atoms with Crippen molar-refractivity contribution in [1.29, 1.82) is 0 Å². The van der Waals surface area contributed by atoms with Crippen molar-refractivity contribution in [2.75, 3.05) is 0 Å². The molecule has 0 bridgehead atoms. The van der Waals surface area contributed by atoms with Crippen LogP contribution in [-0.2, 0) is 0 Å². The predicted molar refractivity (Wildman–Crippen MR) is 42.6 cm³/mol. The van der Waals surface area contributed by atoms with E-state index in [0.29, 0.717) is 4.87 Å². The average Bonchev–Trinajstić information content (AvgIpc) is 2.07. The molecule has 1 atom stereocenters. The van der Waals surface area contributed by atoms with Gasteiger partial charge in [-0.2, -0.15) is 0 Å². The molecule has 1 aliphatic rings. The fourth-order valence-corrected chi connectivity index (χ4v) is 1.15. The minimum absolute atomic E-state index is 0.336. The normalized spacial score (nSPS) is 20.8. The monoisotopic (exact) mass is 163 g/mol. The molecule has 0 radical (unpaired) electrons. The first-order valence-electron chi connectivity index (χ1n) is 3.56. The number of hydrogen-bond donors (Lipinski definition) is 1. The predicted octanol–water partition coefficient (Wildman–Crippen LogP) is -1.75. The molecule has 0 saturated heterocycles. The topological polar surface area (TPSA) is 47.6 Å². The second-order valence-corrected chi connectivity index (χ2v) is 2.57. The summed E-state index contributed by atoms with van der Waals surface area (Å²) in [6.45, 7) is 0. The molecule has 2 rings (SSSR count). The van der Waals surface area contributed by atoms with Crippen LogP contribution in [0.15, 0.2) is 24.3 Å². The van der Waals surface area contributed by atoms with Gasteiger partial charge in [0.15, 0.2) is 6.20 Å². The number of fused-ring (bicyclic) bond motifs is 1. The summed E-state index contributed by atoms with van der Waals surface area (Å²) in [7, 11) is 0. The fourth-order valence-electron chi connectivity index (χ4n) is 1.15. The zero-order valence-corrected chi connectivity index (χ0v) is 6.23. The summed E-state index contributed by atoms with van der Waals surface area (Å²) in [4.78, 5) is 11.2. The quantitative estimate of drug-likeness (QED) is 0.364. The molecule has 0 amide bonds. The number of nitrogens with zero attached hydrogens (tertiary/aromatic N) is 1. The molecular formula is C8H7N2O2+. The van der Waals surface area contributed by atoms with E-state index >= 15 is 0 Å². The van der Waals surface area contributed by atoms with E-state index in [0.717, 1.165) is 10.4 Å². The van der Waals surface area contributed by atoms with E-state index in [1.807, 2.05) is 12.1 Å². The summed E-state index contributed by atoms with van der Waals surface area (Å²) < 4.78 is 0. The maximum Gasteiger partial charge on any atom is 0.298 e. The summed E-state index contributed by atoms with van der Waals surface area (Å²) in [6, 6.07) is 7.25. The van der Waals surface area contributed by atoms with Crippen LogP contribution < -0.4 is 15.6 Å². The molecule has 1 unspecified atom stereocenters. The number of quaternary nitrogens is 1. The van der Waals surface area contributed by atoms with E-state index in [9.17, 15) is 10.1 Å². The molecule has 4 nitrogen and oxygen atoms in total. The van der Waals surface area contributed by atoms with E-state index < -0.39 is 5.17 Å². The highest BCUT2D eigenvalue weighted by molar-refractivity contribution is 5.24. The van der Waals surface area contributed by atoms with Gasteiger partial charge in [-0.15, -0.1) is 0 Å². The largest absolute Gasteiger partial charge is 0.567 e. The summed E-state index contributed by atoms with van der Waals surface area (Å²) >= 11 is 0. The Hall–Kier alpha value is -1.52. The molecule has 4 heteroatoms. The SMILES string of the molecule is O=[N+]1C=c2ccccc2=C[NH+]1[O-]. The highest BCUT2D eigenvalue weighted by atomic mass is 16.6. The number of rotatable bonds is 0. The first-order valence-corrected chi connectivity index (χ1v) is 3.56. The van der Waals surface area contributed by atoms with Gasteiger partial charge in [-0.1, -0.05) is 17.3 Å². The molecule has 0 aromatic heterocycles. The third-order valence-corrected chi connectivity index (χ3v) is 1.75. The molecule has 12 heavy (non-hydrogen) atoms. The van der Waals surface area contributed by atoms with Crippen molar-refractivity contribution in [3.63, 3.8) is 0 Å². The van der Waals surface area contributed by atoms with Crippen molar-refractivity contribution in [3.8, 4) is 0 Å². The number of nitrogens with one attached hydrogen (secondary N) is 1. The van der Waals surface area contributed by atoms with Gasteiger partial charge in [0.05, 0.1) is 10.1 Å². The lowest BCUT2D eigenvalue weighted by molar-refractivity contribution is -1.23. The van der Waals surface area contributed by atoms with E-state index in [4.69, 9.17) is 0 Å². The minimum atomic E-state index is -0.520. The lowest BCUT2D eigenvalue weighted by Gasteiger charge is -2.05. The molecule has 1 aromatic carbocycles. The molecule has 1 aromatic rings. The Balaban J connectivity index is 2.79. The number of nitroso groups, excluding NO2 is 1. The molecule has 1 N–H and O–H groups in total. The molecule has 0 fully saturated rings. The highest BCUT2D eigenvalue weighted by Crippen LogP contribution is 1.73. The maximum atomic E-state index is 10.9. The van der Waals surface area contributed by atoms with Crippen LogP contribution in [0.4, 0.5) is 0 Å².